The normalized spacial score (nSPS) is 12.7. The Labute approximate surface area is 87.4 Å². The molecule has 14 heavy (non-hydrogen) atoms. The van der Waals surface area contributed by atoms with Crippen molar-refractivity contribution in [1.82, 2.24) is 5.32 Å². The Morgan fingerprint density at radius 3 is 2.50 bits per heavy atom. The molecule has 0 saturated heterocycles. The minimum absolute atomic E-state index is 0.221. The van der Waals surface area contributed by atoms with Crippen LogP contribution in [0.4, 0.5) is 0 Å². The molecule has 0 aliphatic carbocycles. The second-order valence-electron chi connectivity index (χ2n) is 3.94. The fraction of sp³-hybridized carbons (Fsp3) is 0.909. The smallest absolute Gasteiger partial charge is 0.218 e. The molecule has 1 unspecified atom stereocenters. The number of hydrogen-bond acceptors (Lipinski definition) is 2. The predicted octanol–water partition coefficient (Wildman–Crippen LogP) is 1.81. The first-order valence-electron chi connectivity index (χ1n) is 5.68. The lowest BCUT2D eigenvalue weighted by molar-refractivity contribution is -0.118. The maximum Gasteiger partial charge on any atom is 0.218 e. The summed E-state index contributed by atoms with van der Waals surface area (Å²) < 4.78 is 0. The van der Waals surface area contributed by atoms with Crippen molar-refractivity contribution in [3.63, 3.8) is 0 Å². The van der Waals surface area contributed by atoms with Crippen LogP contribution in [0.1, 0.15) is 52.4 Å². The fourth-order valence-corrected chi connectivity index (χ4v) is 1.45. The Kier molecular flexibility index (Phi) is 8.64. The van der Waals surface area contributed by atoms with Crippen LogP contribution in [0.3, 0.4) is 0 Å². The van der Waals surface area contributed by atoms with Crippen LogP contribution in [-0.4, -0.2) is 18.5 Å². The van der Waals surface area contributed by atoms with Gasteiger partial charge in [0.05, 0.1) is 0 Å². The van der Waals surface area contributed by atoms with Crippen molar-refractivity contribution in [2.24, 2.45) is 5.73 Å². The first-order chi connectivity index (χ1) is 6.66. The summed E-state index contributed by atoms with van der Waals surface area (Å²) in [6.45, 7) is 5.21. The van der Waals surface area contributed by atoms with E-state index in [4.69, 9.17) is 5.73 Å². The Morgan fingerprint density at radius 1 is 1.29 bits per heavy atom. The Hall–Kier alpha value is -0.570. The number of rotatable bonds is 9. The summed E-state index contributed by atoms with van der Waals surface area (Å²) in [6.07, 6.45) is 6.85. The average Bonchev–Trinajstić information content (AvgIpc) is 2.10. The molecule has 0 aliphatic rings. The molecular weight excluding hydrogens is 176 g/mol. The van der Waals surface area contributed by atoms with E-state index in [1.54, 1.807) is 0 Å². The van der Waals surface area contributed by atoms with E-state index >= 15 is 0 Å². The third-order valence-corrected chi connectivity index (χ3v) is 2.28. The zero-order valence-electron chi connectivity index (χ0n) is 9.51. The van der Waals surface area contributed by atoms with Gasteiger partial charge < -0.3 is 11.1 Å². The van der Waals surface area contributed by atoms with E-state index in [1.165, 1.54) is 32.1 Å². The highest BCUT2D eigenvalue weighted by Gasteiger charge is 2.03. The second kappa shape index (κ2) is 9.00. The van der Waals surface area contributed by atoms with Gasteiger partial charge in [-0.25, -0.2) is 0 Å². The first-order valence-corrected chi connectivity index (χ1v) is 5.68. The van der Waals surface area contributed by atoms with Crippen LogP contribution >= 0.6 is 0 Å². The quantitative estimate of drug-likeness (QED) is 0.558. The van der Waals surface area contributed by atoms with E-state index in [1.807, 2.05) is 6.92 Å². The maximum absolute atomic E-state index is 10.6. The SMILES string of the molecule is CCCCCCCNC(C)CC(N)=O. The van der Waals surface area contributed by atoms with Gasteiger partial charge in [0.1, 0.15) is 0 Å². The number of carbonyl (C=O) groups excluding carboxylic acids is 1. The van der Waals surface area contributed by atoms with Crippen molar-refractivity contribution in [3.05, 3.63) is 0 Å². The molecule has 3 nitrogen and oxygen atoms in total. The summed E-state index contributed by atoms with van der Waals surface area (Å²) in [5, 5.41) is 3.29. The maximum atomic E-state index is 10.6. The Bertz CT molecular complexity index is 148. The van der Waals surface area contributed by atoms with Gasteiger partial charge in [0.15, 0.2) is 0 Å². The van der Waals surface area contributed by atoms with E-state index in [2.05, 4.69) is 12.2 Å². The molecule has 0 spiro atoms. The van der Waals surface area contributed by atoms with Crippen LogP contribution in [0.25, 0.3) is 0 Å². The van der Waals surface area contributed by atoms with Crippen LogP contribution in [0, 0.1) is 0 Å². The summed E-state index contributed by atoms with van der Waals surface area (Å²) >= 11 is 0. The first kappa shape index (κ1) is 13.4. The zero-order chi connectivity index (χ0) is 10.8. The van der Waals surface area contributed by atoms with Gasteiger partial charge in [-0.1, -0.05) is 32.6 Å². The predicted molar refractivity (Wildman–Crippen MR) is 60.0 cm³/mol. The van der Waals surface area contributed by atoms with Gasteiger partial charge in [0.2, 0.25) is 5.91 Å². The summed E-state index contributed by atoms with van der Waals surface area (Å²) in [5.74, 6) is -0.226. The van der Waals surface area contributed by atoms with Crippen molar-refractivity contribution >= 4 is 5.91 Å². The van der Waals surface area contributed by atoms with Gasteiger partial charge in [0, 0.05) is 12.5 Å². The van der Waals surface area contributed by atoms with Crippen molar-refractivity contribution < 1.29 is 4.79 Å². The summed E-state index contributed by atoms with van der Waals surface area (Å²) in [5.41, 5.74) is 5.08. The number of amides is 1. The lowest BCUT2D eigenvalue weighted by Crippen LogP contribution is -2.31. The monoisotopic (exact) mass is 200 g/mol. The number of carbonyl (C=O) groups is 1. The third kappa shape index (κ3) is 9.52. The van der Waals surface area contributed by atoms with Crippen molar-refractivity contribution in [3.8, 4) is 0 Å². The van der Waals surface area contributed by atoms with E-state index in [0.29, 0.717) is 6.42 Å². The van der Waals surface area contributed by atoms with Gasteiger partial charge in [-0.05, 0) is 19.9 Å². The molecule has 0 rings (SSSR count). The van der Waals surface area contributed by atoms with Crippen LogP contribution in [0.15, 0.2) is 0 Å². The molecule has 84 valence electrons. The Morgan fingerprint density at radius 2 is 1.93 bits per heavy atom. The second-order valence-corrected chi connectivity index (χ2v) is 3.94. The van der Waals surface area contributed by atoms with E-state index in [9.17, 15) is 4.79 Å². The summed E-state index contributed by atoms with van der Waals surface area (Å²) in [4.78, 5) is 10.6. The Balaban J connectivity index is 3.14. The molecule has 0 heterocycles. The molecule has 0 bridgehead atoms. The zero-order valence-corrected chi connectivity index (χ0v) is 9.51. The molecule has 3 heteroatoms. The van der Waals surface area contributed by atoms with Crippen molar-refractivity contribution in [1.29, 1.82) is 0 Å². The molecule has 0 aromatic rings. The molecular formula is C11H24N2O. The number of nitrogens with two attached hydrogens (primary N) is 1. The van der Waals surface area contributed by atoms with Gasteiger partial charge in [-0.2, -0.15) is 0 Å². The van der Waals surface area contributed by atoms with Gasteiger partial charge in [0.25, 0.3) is 0 Å². The molecule has 0 aliphatic heterocycles. The largest absolute Gasteiger partial charge is 0.370 e. The van der Waals surface area contributed by atoms with E-state index in [0.717, 1.165) is 6.54 Å². The number of nitrogens with one attached hydrogen (secondary N) is 1. The standard InChI is InChI=1S/C11H24N2O/c1-3-4-5-6-7-8-13-10(2)9-11(12)14/h10,13H,3-9H2,1-2H3,(H2,12,14). The minimum Gasteiger partial charge on any atom is -0.370 e. The lowest BCUT2D eigenvalue weighted by atomic mass is 10.1. The summed E-state index contributed by atoms with van der Waals surface area (Å²) in [6, 6.07) is 0.221. The molecule has 1 atom stereocenters. The number of hydrogen-bond donors (Lipinski definition) is 2. The summed E-state index contributed by atoms with van der Waals surface area (Å²) in [7, 11) is 0. The van der Waals surface area contributed by atoms with Gasteiger partial charge in [-0.15, -0.1) is 0 Å². The highest BCUT2D eigenvalue weighted by atomic mass is 16.1. The molecule has 1 amide bonds. The lowest BCUT2D eigenvalue weighted by Gasteiger charge is -2.11. The number of primary amides is 1. The molecule has 0 aromatic heterocycles. The van der Waals surface area contributed by atoms with Crippen molar-refractivity contribution in [2.45, 2.75) is 58.4 Å². The molecule has 0 saturated carbocycles. The fourth-order valence-electron chi connectivity index (χ4n) is 1.45. The van der Waals surface area contributed by atoms with Gasteiger partial charge in [-0.3, -0.25) is 4.79 Å². The average molecular weight is 200 g/mol. The van der Waals surface area contributed by atoms with Crippen molar-refractivity contribution in [2.75, 3.05) is 6.54 Å². The van der Waals surface area contributed by atoms with Crippen LogP contribution in [0.5, 0.6) is 0 Å². The van der Waals surface area contributed by atoms with Crippen LogP contribution < -0.4 is 11.1 Å². The highest BCUT2D eigenvalue weighted by Crippen LogP contribution is 2.01. The van der Waals surface area contributed by atoms with Crippen LogP contribution in [-0.2, 0) is 4.79 Å². The number of unbranched alkanes of at least 4 members (excludes halogenated alkanes) is 4. The van der Waals surface area contributed by atoms with Gasteiger partial charge >= 0.3 is 0 Å². The third-order valence-electron chi connectivity index (χ3n) is 2.28. The van der Waals surface area contributed by atoms with E-state index in [-0.39, 0.29) is 11.9 Å². The van der Waals surface area contributed by atoms with E-state index < -0.39 is 0 Å². The highest BCUT2D eigenvalue weighted by molar-refractivity contribution is 5.74. The van der Waals surface area contributed by atoms with Crippen LogP contribution in [0.2, 0.25) is 0 Å². The molecule has 3 N–H and O–H groups in total. The minimum atomic E-state index is -0.226. The molecule has 0 radical (unpaired) electrons. The topological polar surface area (TPSA) is 55.1 Å². The molecule has 0 aromatic carbocycles. The molecule has 0 fully saturated rings.